The molecule has 3 aromatic carbocycles. The first-order chi connectivity index (χ1) is 17.6. The van der Waals surface area contributed by atoms with Crippen molar-refractivity contribution in [2.75, 3.05) is 25.0 Å². The molecular weight excluding hydrogens is 490 g/mol. The van der Waals surface area contributed by atoms with Crippen molar-refractivity contribution < 1.29 is 22.7 Å². The summed E-state index contributed by atoms with van der Waals surface area (Å²) >= 11 is 0. The summed E-state index contributed by atoms with van der Waals surface area (Å²) in [5.74, 6) is -0.263. The molecule has 9 heteroatoms. The molecule has 0 fully saturated rings. The monoisotopic (exact) mass is 523 g/mol. The van der Waals surface area contributed by atoms with Crippen LogP contribution >= 0.6 is 0 Å². The maximum absolute atomic E-state index is 13.8. The van der Waals surface area contributed by atoms with Gasteiger partial charge in [0.1, 0.15) is 18.3 Å². The molecule has 37 heavy (non-hydrogen) atoms. The number of nitrogens with one attached hydrogen (secondary N) is 1. The molecule has 3 rings (SSSR count). The van der Waals surface area contributed by atoms with Crippen LogP contribution in [0.25, 0.3) is 0 Å². The minimum atomic E-state index is -4.09. The highest BCUT2D eigenvalue weighted by atomic mass is 32.2. The van der Waals surface area contributed by atoms with Gasteiger partial charge in [-0.2, -0.15) is 0 Å². The number of carbonyl (C=O) groups excluding carboxylic acids is 2. The molecule has 0 saturated carbocycles. The summed E-state index contributed by atoms with van der Waals surface area (Å²) in [4.78, 5) is 27.9. The lowest BCUT2D eigenvalue weighted by atomic mass is 10.1. The quantitative estimate of drug-likeness (QED) is 0.438. The molecule has 3 aromatic rings. The van der Waals surface area contributed by atoms with Crippen LogP contribution in [0.2, 0.25) is 0 Å². The van der Waals surface area contributed by atoms with Crippen molar-refractivity contribution in [3.05, 3.63) is 89.5 Å². The lowest BCUT2D eigenvalue weighted by Gasteiger charge is -2.32. The summed E-state index contributed by atoms with van der Waals surface area (Å²) < 4.78 is 34.1. The normalized spacial score (nSPS) is 11.9. The summed E-state index contributed by atoms with van der Waals surface area (Å²) in [6.07, 6.45) is 0. The van der Waals surface area contributed by atoms with Crippen LogP contribution in [0.1, 0.15) is 23.6 Å². The van der Waals surface area contributed by atoms with Gasteiger partial charge in [0.15, 0.2) is 0 Å². The van der Waals surface area contributed by atoms with Gasteiger partial charge in [-0.05, 0) is 67.8 Å². The Kier molecular flexibility index (Phi) is 8.94. The van der Waals surface area contributed by atoms with Crippen LogP contribution in [0.15, 0.2) is 77.7 Å². The number of benzene rings is 3. The Labute approximate surface area is 218 Å². The Bertz CT molecular complexity index is 1360. The fourth-order valence-corrected chi connectivity index (χ4v) is 5.47. The van der Waals surface area contributed by atoms with Crippen molar-refractivity contribution in [2.24, 2.45) is 0 Å². The number of amides is 2. The van der Waals surface area contributed by atoms with Crippen LogP contribution in [-0.2, 0) is 26.2 Å². The third-order valence-electron chi connectivity index (χ3n) is 6.14. The zero-order valence-corrected chi connectivity index (χ0v) is 22.6. The Morgan fingerprint density at radius 2 is 1.68 bits per heavy atom. The molecule has 0 aromatic heterocycles. The number of hydrogen-bond donors (Lipinski definition) is 1. The number of anilines is 1. The van der Waals surface area contributed by atoms with Gasteiger partial charge >= 0.3 is 0 Å². The standard InChI is InChI=1S/C28H33N3O5S/c1-20-14-15-21(2)26(16-20)31(37(34,35)25-12-7-6-8-13-25)19-27(32)30(22(3)28(33)29-4)18-23-10-9-11-24(17-23)36-5/h6-17,22H,18-19H2,1-5H3,(H,29,33)/t22-/m0/s1. The van der Waals surface area contributed by atoms with Crippen LogP contribution in [0, 0.1) is 13.8 Å². The predicted octanol–water partition coefficient (Wildman–Crippen LogP) is 3.67. The first-order valence-corrected chi connectivity index (χ1v) is 13.3. The lowest BCUT2D eigenvalue weighted by molar-refractivity contribution is -0.139. The first-order valence-electron chi connectivity index (χ1n) is 11.9. The number of nitrogens with zero attached hydrogens (tertiary/aromatic N) is 2. The second-order valence-electron chi connectivity index (χ2n) is 8.78. The van der Waals surface area contributed by atoms with E-state index in [0.29, 0.717) is 17.0 Å². The van der Waals surface area contributed by atoms with Crippen LogP contribution in [0.5, 0.6) is 5.75 Å². The summed E-state index contributed by atoms with van der Waals surface area (Å²) in [6, 6.07) is 19.8. The van der Waals surface area contributed by atoms with Gasteiger partial charge < -0.3 is 15.0 Å². The van der Waals surface area contributed by atoms with E-state index < -0.39 is 28.5 Å². The Balaban J connectivity index is 2.07. The molecule has 0 heterocycles. The van der Waals surface area contributed by atoms with Crippen molar-refractivity contribution >= 4 is 27.5 Å². The largest absolute Gasteiger partial charge is 0.497 e. The van der Waals surface area contributed by atoms with E-state index in [0.717, 1.165) is 15.4 Å². The van der Waals surface area contributed by atoms with E-state index in [9.17, 15) is 18.0 Å². The predicted molar refractivity (Wildman–Crippen MR) is 144 cm³/mol. The number of hydrogen-bond acceptors (Lipinski definition) is 5. The van der Waals surface area contributed by atoms with Crippen molar-refractivity contribution in [1.82, 2.24) is 10.2 Å². The minimum Gasteiger partial charge on any atom is -0.497 e. The lowest BCUT2D eigenvalue weighted by Crippen LogP contribution is -2.50. The van der Waals surface area contributed by atoms with Gasteiger partial charge in [-0.25, -0.2) is 8.42 Å². The number of methoxy groups -OCH3 is 1. The highest BCUT2D eigenvalue weighted by molar-refractivity contribution is 7.92. The van der Waals surface area contributed by atoms with Gasteiger partial charge in [0.25, 0.3) is 10.0 Å². The topological polar surface area (TPSA) is 96.0 Å². The zero-order valence-electron chi connectivity index (χ0n) is 21.8. The van der Waals surface area contributed by atoms with Crippen molar-refractivity contribution in [2.45, 2.75) is 38.3 Å². The molecule has 0 saturated heterocycles. The highest BCUT2D eigenvalue weighted by Gasteiger charge is 2.33. The third kappa shape index (κ3) is 6.48. The number of carbonyl (C=O) groups is 2. The molecule has 1 atom stereocenters. The zero-order chi connectivity index (χ0) is 27.2. The molecule has 0 unspecified atom stereocenters. The van der Waals surface area contributed by atoms with E-state index in [2.05, 4.69) is 5.32 Å². The highest BCUT2D eigenvalue weighted by Crippen LogP contribution is 2.28. The van der Waals surface area contributed by atoms with E-state index in [1.54, 1.807) is 63.4 Å². The molecular formula is C28H33N3O5S. The van der Waals surface area contributed by atoms with Gasteiger partial charge in [0, 0.05) is 13.6 Å². The Morgan fingerprint density at radius 1 is 0.973 bits per heavy atom. The third-order valence-corrected chi connectivity index (χ3v) is 7.92. The number of rotatable bonds is 10. The van der Waals surface area contributed by atoms with Crippen LogP contribution < -0.4 is 14.4 Å². The molecule has 2 amide bonds. The van der Waals surface area contributed by atoms with Crippen LogP contribution in [0.3, 0.4) is 0 Å². The van der Waals surface area contributed by atoms with Crippen LogP contribution in [-0.4, -0.2) is 51.9 Å². The van der Waals surface area contributed by atoms with Gasteiger partial charge in [0.2, 0.25) is 11.8 Å². The molecule has 0 aliphatic carbocycles. The van der Waals surface area contributed by atoms with E-state index in [4.69, 9.17) is 4.74 Å². The van der Waals surface area contributed by atoms with Gasteiger partial charge in [-0.15, -0.1) is 0 Å². The van der Waals surface area contributed by atoms with E-state index in [1.807, 2.05) is 25.1 Å². The number of likely N-dealkylation sites (N-methyl/N-ethyl adjacent to an activating group) is 1. The van der Waals surface area contributed by atoms with Gasteiger partial charge in [-0.1, -0.05) is 42.5 Å². The fraction of sp³-hybridized carbons (Fsp3) is 0.286. The molecule has 0 spiro atoms. The van der Waals surface area contributed by atoms with Crippen molar-refractivity contribution in [3.8, 4) is 5.75 Å². The second-order valence-corrected chi connectivity index (χ2v) is 10.6. The molecule has 0 bridgehead atoms. The maximum Gasteiger partial charge on any atom is 0.264 e. The summed E-state index contributed by atoms with van der Waals surface area (Å²) in [5, 5.41) is 2.58. The second kappa shape index (κ2) is 11.9. The van der Waals surface area contributed by atoms with Gasteiger partial charge in [0.05, 0.1) is 17.7 Å². The van der Waals surface area contributed by atoms with E-state index >= 15 is 0 Å². The van der Waals surface area contributed by atoms with E-state index in [-0.39, 0.29) is 17.3 Å². The fourth-order valence-electron chi connectivity index (χ4n) is 3.98. The Hall–Kier alpha value is -3.85. The van der Waals surface area contributed by atoms with Crippen molar-refractivity contribution in [1.29, 1.82) is 0 Å². The Morgan fingerprint density at radius 3 is 2.32 bits per heavy atom. The number of aryl methyl sites for hydroxylation is 2. The summed E-state index contributed by atoms with van der Waals surface area (Å²) in [7, 11) is -1.05. The molecule has 196 valence electrons. The summed E-state index contributed by atoms with van der Waals surface area (Å²) in [6.45, 7) is 4.89. The van der Waals surface area contributed by atoms with Gasteiger partial charge in [-0.3, -0.25) is 13.9 Å². The SMILES string of the molecule is CNC(=O)[C@H](C)N(Cc1cccc(OC)c1)C(=O)CN(c1cc(C)ccc1C)S(=O)(=O)c1ccccc1. The number of sulfonamides is 1. The molecule has 0 aliphatic rings. The molecule has 8 nitrogen and oxygen atoms in total. The average Bonchev–Trinajstić information content (AvgIpc) is 2.91. The minimum absolute atomic E-state index is 0.0717. The molecule has 1 N–H and O–H groups in total. The van der Waals surface area contributed by atoms with E-state index in [1.165, 1.54) is 24.1 Å². The smallest absolute Gasteiger partial charge is 0.264 e. The summed E-state index contributed by atoms with van der Waals surface area (Å²) in [5.41, 5.74) is 2.71. The molecule has 0 radical (unpaired) electrons. The maximum atomic E-state index is 13.8. The van der Waals surface area contributed by atoms with Crippen molar-refractivity contribution in [3.63, 3.8) is 0 Å². The average molecular weight is 524 g/mol. The molecule has 0 aliphatic heterocycles. The number of ether oxygens (including phenoxy) is 1. The first kappa shape index (κ1) is 27.7. The van der Waals surface area contributed by atoms with Crippen LogP contribution in [0.4, 0.5) is 5.69 Å².